The first kappa shape index (κ1) is 43.4. The molecule has 12 heteroatoms. The van der Waals surface area contributed by atoms with Crippen molar-refractivity contribution in [3.63, 3.8) is 0 Å². The molecule has 0 heterocycles. The lowest BCUT2D eigenvalue weighted by molar-refractivity contribution is -0.126. The lowest BCUT2D eigenvalue weighted by Gasteiger charge is -2.21. The van der Waals surface area contributed by atoms with Crippen LogP contribution in [-0.4, -0.2) is 93.1 Å². The fraction of sp³-hybridized carbons (Fsp3) is 0.174. The Morgan fingerprint density at radius 1 is 0.431 bits per heavy atom. The van der Waals surface area contributed by atoms with E-state index < -0.39 is 0 Å². The van der Waals surface area contributed by atoms with Crippen molar-refractivity contribution in [1.29, 1.82) is 0 Å². The summed E-state index contributed by atoms with van der Waals surface area (Å²) in [6, 6.07) is 25.7. The Kier molecular flexibility index (Phi) is 17.6. The first-order chi connectivity index (χ1) is 28.0. The van der Waals surface area contributed by atoms with Crippen molar-refractivity contribution in [3.8, 4) is 23.0 Å². The van der Waals surface area contributed by atoms with Crippen LogP contribution in [0.25, 0.3) is 24.3 Å². The number of phenolic OH excluding ortho intramolecular Hbond substituents is 4. The molecule has 4 rings (SSSR count). The van der Waals surface area contributed by atoms with Gasteiger partial charge in [-0.2, -0.15) is 0 Å². The highest BCUT2D eigenvalue weighted by Crippen LogP contribution is 2.14. The molecule has 0 unspecified atom stereocenters. The molecule has 0 atom stereocenters. The summed E-state index contributed by atoms with van der Waals surface area (Å²) in [5.41, 5.74) is 2.97. The molecule has 300 valence electrons. The second kappa shape index (κ2) is 23.6. The van der Waals surface area contributed by atoms with Crippen LogP contribution in [0.4, 0.5) is 0 Å². The summed E-state index contributed by atoms with van der Waals surface area (Å²) in [6.07, 6.45) is 16.8. The zero-order chi connectivity index (χ0) is 41.5. The summed E-state index contributed by atoms with van der Waals surface area (Å²) >= 11 is 0. The van der Waals surface area contributed by atoms with Gasteiger partial charge in [0.15, 0.2) is 0 Å². The van der Waals surface area contributed by atoms with E-state index in [-0.39, 0.29) is 59.7 Å². The van der Waals surface area contributed by atoms with Crippen molar-refractivity contribution in [3.05, 3.63) is 156 Å². The van der Waals surface area contributed by atoms with Gasteiger partial charge in [0.05, 0.1) is 0 Å². The lowest BCUT2D eigenvalue weighted by Crippen LogP contribution is -2.34. The summed E-state index contributed by atoms with van der Waals surface area (Å²) in [6.45, 7) is 1.72. The van der Waals surface area contributed by atoms with Gasteiger partial charge in [-0.3, -0.25) is 19.2 Å². The van der Waals surface area contributed by atoms with Crippen molar-refractivity contribution in [2.24, 2.45) is 0 Å². The Morgan fingerprint density at radius 3 is 1.00 bits per heavy atom. The Morgan fingerprint density at radius 2 is 0.707 bits per heavy atom. The number of hydrogen-bond donors (Lipinski definition) is 6. The fourth-order valence-corrected chi connectivity index (χ4v) is 5.30. The maximum Gasteiger partial charge on any atom is 0.246 e. The monoisotopic (exact) mass is 784 g/mol. The van der Waals surface area contributed by atoms with Gasteiger partial charge in [0.1, 0.15) is 23.0 Å². The van der Waals surface area contributed by atoms with Crippen molar-refractivity contribution in [2.45, 2.75) is 12.8 Å². The summed E-state index contributed by atoms with van der Waals surface area (Å²) in [5.74, 6) is -0.639. The van der Waals surface area contributed by atoms with Crippen LogP contribution >= 0.6 is 0 Å². The van der Waals surface area contributed by atoms with Crippen molar-refractivity contribution >= 4 is 47.9 Å². The third-order valence-corrected chi connectivity index (χ3v) is 8.51. The zero-order valence-electron chi connectivity index (χ0n) is 32.0. The maximum absolute atomic E-state index is 13.3. The average molecular weight is 785 g/mol. The maximum atomic E-state index is 13.3. The largest absolute Gasteiger partial charge is 0.508 e. The van der Waals surface area contributed by atoms with E-state index in [1.165, 1.54) is 72.8 Å². The molecule has 0 fully saturated rings. The minimum Gasteiger partial charge on any atom is -0.508 e. The number of aromatic hydroxyl groups is 4. The van der Waals surface area contributed by atoms with Crippen molar-refractivity contribution in [1.82, 2.24) is 20.4 Å². The minimum absolute atomic E-state index is 0.113. The van der Waals surface area contributed by atoms with Gasteiger partial charge in [-0.1, -0.05) is 60.7 Å². The van der Waals surface area contributed by atoms with Gasteiger partial charge in [0.2, 0.25) is 23.6 Å². The molecular weight excluding hydrogens is 737 g/mol. The average Bonchev–Trinajstić information content (AvgIpc) is 3.22. The number of carbonyl (C=O) groups excluding carboxylic acids is 4. The lowest BCUT2D eigenvalue weighted by atomic mass is 10.2. The number of benzene rings is 4. The smallest absolute Gasteiger partial charge is 0.246 e. The van der Waals surface area contributed by atoms with E-state index >= 15 is 0 Å². The van der Waals surface area contributed by atoms with E-state index in [0.717, 1.165) is 22.3 Å². The summed E-state index contributed by atoms with van der Waals surface area (Å²) in [7, 11) is 0. The van der Waals surface area contributed by atoms with Crippen LogP contribution in [0, 0.1) is 0 Å². The molecule has 0 spiro atoms. The molecule has 0 aliphatic heterocycles. The molecule has 0 bridgehead atoms. The van der Waals surface area contributed by atoms with E-state index in [1.54, 1.807) is 94.8 Å². The number of rotatable bonds is 20. The van der Waals surface area contributed by atoms with Gasteiger partial charge < -0.3 is 40.9 Å². The highest BCUT2D eigenvalue weighted by molar-refractivity contribution is 5.93. The second-order valence-corrected chi connectivity index (χ2v) is 13.0. The molecule has 0 saturated heterocycles. The number of amides is 4. The van der Waals surface area contributed by atoms with Gasteiger partial charge in [0.25, 0.3) is 0 Å². The molecule has 0 radical (unpaired) electrons. The first-order valence-electron chi connectivity index (χ1n) is 18.7. The van der Waals surface area contributed by atoms with Crippen LogP contribution in [0.3, 0.4) is 0 Å². The van der Waals surface area contributed by atoms with Crippen LogP contribution in [0.15, 0.2) is 134 Å². The number of nitrogens with one attached hydrogen (secondary N) is 2. The van der Waals surface area contributed by atoms with Crippen molar-refractivity contribution < 1.29 is 39.6 Å². The highest BCUT2D eigenvalue weighted by Gasteiger charge is 2.12. The van der Waals surface area contributed by atoms with Crippen LogP contribution < -0.4 is 10.6 Å². The van der Waals surface area contributed by atoms with E-state index in [1.807, 2.05) is 0 Å². The minimum atomic E-state index is -0.299. The number of hydrogen-bond acceptors (Lipinski definition) is 8. The quantitative estimate of drug-likeness (QED) is 0.0365. The van der Waals surface area contributed by atoms with Gasteiger partial charge in [0, 0.05) is 63.6 Å². The topological polar surface area (TPSA) is 180 Å². The van der Waals surface area contributed by atoms with Crippen molar-refractivity contribution in [2.75, 3.05) is 39.3 Å². The number of carbonyl (C=O) groups is 4. The molecule has 4 aromatic carbocycles. The molecule has 4 amide bonds. The highest BCUT2D eigenvalue weighted by atomic mass is 16.3. The predicted octanol–water partition coefficient (Wildman–Crippen LogP) is 5.89. The molecule has 6 N–H and O–H groups in total. The van der Waals surface area contributed by atoms with Crippen LogP contribution in [0.1, 0.15) is 35.1 Å². The molecule has 0 aromatic heterocycles. The summed E-state index contributed by atoms with van der Waals surface area (Å²) in [4.78, 5) is 54.7. The predicted molar refractivity (Wildman–Crippen MR) is 226 cm³/mol. The molecule has 58 heavy (non-hydrogen) atoms. The number of phenols is 4. The van der Waals surface area contributed by atoms with E-state index in [0.29, 0.717) is 39.0 Å². The third-order valence-electron chi connectivity index (χ3n) is 8.51. The SMILES string of the molecule is O=C(/C=C/c1ccc(O)cc1)NCCCN(C/C=C/CN(CCCNC(=O)/C=C/c1ccc(O)cc1)C(=O)/C=C/c1ccc(O)cc1)C(=O)/C=C/c1ccc(O)cc1. The van der Waals surface area contributed by atoms with Gasteiger partial charge >= 0.3 is 0 Å². The van der Waals surface area contributed by atoms with Crippen LogP contribution in [-0.2, 0) is 19.2 Å². The molecule has 4 aromatic rings. The Labute approximate surface area is 338 Å². The van der Waals surface area contributed by atoms with E-state index in [4.69, 9.17) is 0 Å². The standard InChI is InChI=1S/C46H48N4O8/c51-39-17-5-35(6-18-39)13-25-43(55)47-29-3-33-49(45(57)27-15-37-9-21-41(53)22-10-37)31-1-2-32-50(46(58)28-16-38-11-23-42(54)24-12-38)34-4-30-48-44(56)26-14-36-7-19-40(52)20-8-36/h1-2,5-28,51-54H,3-4,29-34H2,(H,47,55)(H,48,56)/b2-1+,25-13+,26-14+,27-15+,28-16+. The van der Waals surface area contributed by atoms with Gasteiger partial charge in [-0.05, 0) is 108 Å². The Hall–Kier alpha value is -7.34. The molecule has 0 saturated carbocycles. The Balaban J connectivity index is 1.36. The molecule has 0 aliphatic rings. The molecule has 12 nitrogen and oxygen atoms in total. The number of nitrogens with zero attached hydrogens (tertiary/aromatic N) is 2. The Bertz CT molecular complexity index is 1940. The van der Waals surface area contributed by atoms with Crippen LogP contribution in [0.2, 0.25) is 0 Å². The fourth-order valence-electron chi connectivity index (χ4n) is 5.30. The van der Waals surface area contributed by atoms with Crippen LogP contribution in [0.5, 0.6) is 23.0 Å². The van der Waals surface area contributed by atoms with Gasteiger partial charge in [-0.15, -0.1) is 0 Å². The molecular formula is C46H48N4O8. The normalized spacial score (nSPS) is 11.5. The van der Waals surface area contributed by atoms with E-state index in [9.17, 15) is 39.6 Å². The van der Waals surface area contributed by atoms with Gasteiger partial charge in [-0.25, -0.2) is 0 Å². The third kappa shape index (κ3) is 16.6. The second-order valence-electron chi connectivity index (χ2n) is 13.0. The van der Waals surface area contributed by atoms with E-state index in [2.05, 4.69) is 10.6 Å². The zero-order valence-corrected chi connectivity index (χ0v) is 32.0. The first-order valence-corrected chi connectivity index (χ1v) is 18.7. The summed E-state index contributed by atoms with van der Waals surface area (Å²) in [5, 5.41) is 43.7. The molecule has 0 aliphatic carbocycles. The summed E-state index contributed by atoms with van der Waals surface area (Å²) < 4.78 is 0.